The number of aryl methyl sites for hydroxylation is 1. The molecule has 2 rings (SSSR count). The van der Waals surface area contributed by atoms with Gasteiger partial charge in [0.15, 0.2) is 0 Å². The van der Waals surface area contributed by atoms with Crippen molar-refractivity contribution in [2.75, 3.05) is 11.1 Å². The number of carbonyl (C=O) groups excluding carboxylic acids is 1. The number of amides is 1. The topological polar surface area (TPSA) is 29.1 Å². The fourth-order valence-electron chi connectivity index (χ4n) is 1.86. The fraction of sp³-hybridized carbons (Fsp3) is 0.235. The second kappa shape index (κ2) is 7.53. The van der Waals surface area contributed by atoms with Gasteiger partial charge in [0, 0.05) is 16.0 Å². The summed E-state index contributed by atoms with van der Waals surface area (Å²) in [7, 11) is 0. The summed E-state index contributed by atoms with van der Waals surface area (Å²) in [6.45, 7) is 4.11. The summed E-state index contributed by atoms with van der Waals surface area (Å²) in [6.07, 6.45) is 0. The highest BCUT2D eigenvalue weighted by atomic mass is 35.5. The molecule has 1 N–H and O–H groups in total. The summed E-state index contributed by atoms with van der Waals surface area (Å²) >= 11 is 7.49. The van der Waals surface area contributed by atoms with Crippen molar-refractivity contribution in [3.05, 3.63) is 64.7 Å². The SMILES string of the molecule is Cc1ccc(NC(=O)CSC(C)c2ccc(Cl)cc2)cc1. The van der Waals surface area contributed by atoms with Crippen LogP contribution in [0, 0.1) is 6.92 Å². The Balaban J connectivity index is 1.83. The smallest absolute Gasteiger partial charge is 0.234 e. The van der Waals surface area contributed by atoms with Crippen LogP contribution in [0.5, 0.6) is 0 Å². The lowest BCUT2D eigenvalue weighted by molar-refractivity contribution is -0.113. The monoisotopic (exact) mass is 319 g/mol. The molecule has 0 aliphatic rings. The van der Waals surface area contributed by atoms with Crippen LogP contribution in [-0.2, 0) is 4.79 Å². The third-order valence-corrected chi connectivity index (χ3v) is 4.59. The lowest BCUT2D eigenvalue weighted by atomic mass is 10.2. The first-order valence-electron chi connectivity index (χ1n) is 6.78. The molecule has 110 valence electrons. The highest BCUT2D eigenvalue weighted by Gasteiger charge is 2.09. The summed E-state index contributed by atoms with van der Waals surface area (Å²) in [4.78, 5) is 11.9. The van der Waals surface area contributed by atoms with E-state index >= 15 is 0 Å². The summed E-state index contributed by atoms with van der Waals surface area (Å²) in [5.74, 6) is 0.446. The highest BCUT2D eigenvalue weighted by Crippen LogP contribution is 2.28. The van der Waals surface area contributed by atoms with E-state index in [2.05, 4.69) is 12.2 Å². The van der Waals surface area contributed by atoms with Gasteiger partial charge in [0.05, 0.1) is 5.75 Å². The molecule has 21 heavy (non-hydrogen) atoms. The Bertz CT molecular complexity index is 595. The van der Waals surface area contributed by atoms with Gasteiger partial charge in [-0.2, -0.15) is 0 Å². The second-order valence-electron chi connectivity index (χ2n) is 4.92. The average Bonchev–Trinajstić information content (AvgIpc) is 2.48. The second-order valence-corrected chi connectivity index (χ2v) is 6.68. The van der Waals surface area contributed by atoms with Crippen molar-refractivity contribution >= 4 is 35.0 Å². The summed E-state index contributed by atoms with van der Waals surface area (Å²) in [5.41, 5.74) is 3.19. The number of benzene rings is 2. The molecule has 0 aromatic heterocycles. The molecule has 0 aliphatic heterocycles. The maximum atomic E-state index is 11.9. The first-order valence-corrected chi connectivity index (χ1v) is 8.21. The van der Waals surface area contributed by atoms with Crippen LogP contribution in [0.25, 0.3) is 0 Å². The lowest BCUT2D eigenvalue weighted by Crippen LogP contribution is -2.14. The number of halogens is 1. The van der Waals surface area contributed by atoms with Crippen molar-refractivity contribution in [1.29, 1.82) is 0 Å². The van der Waals surface area contributed by atoms with Crippen LogP contribution in [0.2, 0.25) is 5.02 Å². The minimum absolute atomic E-state index is 0.0182. The fourth-order valence-corrected chi connectivity index (χ4v) is 2.81. The van der Waals surface area contributed by atoms with E-state index in [1.165, 1.54) is 11.1 Å². The summed E-state index contributed by atoms with van der Waals surface area (Å²) in [6, 6.07) is 15.6. The molecule has 1 unspecified atom stereocenters. The Morgan fingerprint density at radius 3 is 2.38 bits per heavy atom. The van der Waals surface area contributed by atoms with Gasteiger partial charge in [0.25, 0.3) is 0 Å². The quantitative estimate of drug-likeness (QED) is 0.832. The molecule has 1 amide bonds. The maximum Gasteiger partial charge on any atom is 0.234 e. The van der Waals surface area contributed by atoms with E-state index in [4.69, 9.17) is 11.6 Å². The van der Waals surface area contributed by atoms with E-state index in [-0.39, 0.29) is 11.2 Å². The van der Waals surface area contributed by atoms with Crippen molar-refractivity contribution in [1.82, 2.24) is 0 Å². The van der Waals surface area contributed by atoms with Crippen LogP contribution >= 0.6 is 23.4 Å². The van der Waals surface area contributed by atoms with Gasteiger partial charge in [-0.3, -0.25) is 4.79 Å². The zero-order chi connectivity index (χ0) is 15.2. The van der Waals surface area contributed by atoms with Gasteiger partial charge in [-0.25, -0.2) is 0 Å². The maximum absolute atomic E-state index is 11.9. The molecule has 0 spiro atoms. The van der Waals surface area contributed by atoms with E-state index in [9.17, 15) is 4.79 Å². The molecule has 2 nitrogen and oxygen atoms in total. The van der Waals surface area contributed by atoms with Gasteiger partial charge < -0.3 is 5.32 Å². The number of hydrogen-bond acceptors (Lipinski definition) is 2. The molecule has 0 saturated heterocycles. The number of rotatable bonds is 5. The summed E-state index contributed by atoms with van der Waals surface area (Å²) in [5, 5.41) is 3.89. The van der Waals surface area contributed by atoms with Crippen molar-refractivity contribution in [3.63, 3.8) is 0 Å². The van der Waals surface area contributed by atoms with E-state index in [0.717, 1.165) is 10.7 Å². The Morgan fingerprint density at radius 1 is 1.14 bits per heavy atom. The zero-order valence-electron chi connectivity index (χ0n) is 12.1. The molecule has 0 radical (unpaired) electrons. The van der Waals surface area contributed by atoms with Gasteiger partial charge in [0.2, 0.25) is 5.91 Å². The van der Waals surface area contributed by atoms with Crippen molar-refractivity contribution in [3.8, 4) is 0 Å². The molecule has 4 heteroatoms. The van der Waals surface area contributed by atoms with Gasteiger partial charge in [0.1, 0.15) is 0 Å². The van der Waals surface area contributed by atoms with Crippen LogP contribution in [0.4, 0.5) is 5.69 Å². The molecular weight excluding hydrogens is 302 g/mol. The van der Waals surface area contributed by atoms with E-state index in [0.29, 0.717) is 5.75 Å². The van der Waals surface area contributed by atoms with Gasteiger partial charge >= 0.3 is 0 Å². The largest absolute Gasteiger partial charge is 0.325 e. The Morgan fingerprint density at radius 2 is 1.76 bits per heavy atom. The molecule has 0 bridgehead atoms. The Labute approximate surface area is 134 Å². The van der Waals surface area contributed by atoms with Crippen LogP contribution in [0.3, 0.4) is 0 Å². The minimum atomic E-state index is 0.0182. The number of nitrogens with one attached hydrogen (secondary N) is 1. The molecule has 2 aromatic carbocycles. The van der Waals surface area contributed by atoms with Gasteiger partial charge in [-0.05, 0) is 43.7 Å². The van der Waals surface area contributed by atoms with Crippen LogP contribution in [0.15, 0.2) is 48.5 Å². The summed E-state index contributed by atoms with van der Waals surface area (Å²) < 4.78 is 0. The predicted molar refractivity (Wildman–Crippen MR) is 92.1 cm³/mol. The number of thioether (sulfide) groups is 1. The van der Waals surface area contributed by atoms with Crippen LogP contribution < -0.4 is 5.32 Å². The minimum Gasteiger partial charge on any atom is -0.325 e. The third kappa shape index (κ3) is 5.10. The first kappa shape index (κ1) is 15.9. The third-order valence-electron chi connectivity index (χ3n) is 3.14. The predicted octanol–water partition coefficient (Wildman–Crippen LogP) is 5.08. The molecule has 0 heterocycles. The van der Waals surface area contributed by atoms with Crippen LogP contribution in [-0.4, -0.2) is 11.7 Å². The van der Waals surface area contributed by atoms with Gasteiger partial charge in [-0.1, -0.05) is 41.4 Å². The van der Waals surface area contributed by atoms with Crippen molar-refractivity contribution in [2.45, 2.75) is 19.1 Å². The number of anilines is 1. The van der Waals surface area contributed by atoms with Crippen LogP contribution in [0.1, 0.15) is 23.3 Å². The molecule has 0 saturated carbocycles. The standard InChI is InChI=1S/C17H18ClNOS/c1-12-3-9-16(10-4-12)19-17(20)11-21-13(2)14-5-7-15(18)8-6-14/h3-10,13H,11H2,1-2H3,(H,19,20). The lowest BCUT2D eigenvalue weighted by Gasteiger charge is -2.12. The number of hydrogen-bond donors (Lipinski definition) is 1. The van der Waals surface area contributed by atoms with E-state index in [1.807, 2.05) is 55.5 Å². The Kier molecular flexibility index (Phi) is 5.71. The van der Waals surface area contributed by atoms with Crippen molar-refractivity contribution in [2.24, 2.45) is 0 Å². The first-order chi connectivity index (χ1) is 10.0. The average molecular weight is 320 g/mol. The molecule has 0 fully saturated rings. The van der Waals surface area contributed by atoms with Gasteiger partial charge in [-0.15, -0.1) is 11.8 Å². The molecule has 2 aromatic rings. The highest BCUT2D eigenvalue weighted by molar-refractivity contribution is 8.00. The van der Waals surface area contributed by atoms with Crippen molar-refractivity contribution < 1.29 is 4.79 Å². The molecule has 0 aliphatic carbocycles. The molecular formula is C17H18ClNOS. The normalized spacial score (nSPS) is 12.0. The number of carbonyl (C=O) groups is 1. The van der Waals surface area contributed by atoms with E-state index in [1.54, 1.807) is 11.8 Å². The Hall–Kier alpha value is -1.45. The van der Waals surface area contributed by atoms with E-state index < -0.39 is 0 Å². The molecule has 1 atom stereocenters. The zero-order valence-corrected chi connectivity index (χ0v) is 13.7.